The van der Waals surface area contributed by atoms with E-state index in [0.29, 0.717) is 17.5 Å². The number of carbonyl (C=O) groups is 3. The molecule has 0 aromatic rings. The number of nitrogens with zero attached hydrogens (tertiary/aromatic N) is 1. The first-order valence-electron chi connectivity index (χ1n) is 8.66. The van der Waals surface area contributed by atoms with Crippen molar-refractivity contribution in [3.63, 3.8) is 0 Å². The zero-order valence-corrected chi connectivity index (χ0v) is 15.4. The minimum absolute atomic E-state index is 0.115. The van der Waals surface area contributed by atoms with Crippen molar-refractivity contribution in [2.24, 2.45) is 0 Å². The van der Waals surface area contributed by atoms with Gasteiger partial charge in [0.15, 0.2) is 6.16 Å². The highest BCUT2D eigenvalue weighted by Gasteiger charge is 2.40. The number of halogens is 1. The zero-order chi connectivity index (χ0) is 18.8. The summed E-state index contributed by atoms with van der Waals surface area (Å²) < 4.78 is 28.2. The van der Waals surface area contributed by atoms with Crippen molar-refractivity contribution in [3.8, 4) is 0 Å². The summed E-state index contributed by atoms with van der Waals surface area (Å²) in [6.07, 6.45) is 3.12. The molecule has 1 fully saturated rings. The van der Waals surface area contributed by atoms with Crippen LogP contribution in [0.2, 0.25) is 0 Å². The second-order valence-corrected chi connectivity index (χ2v) is 7.43. The van der Waals surface area contributed by atoms with Crippen molar-refractivity contribution in [3.05, 3.63) is 0 Å². The van der Waals surface area contributed by atoms with Gasteiger partial charge in [0.1, 0.15) is 6.10 Å². The first kappa shape index (κ1) is 21.8. The average Bonchev–Trinajstić information content (AvgIpc) is 2.77. The first-order valence-corrected chi connectivity index (χ1v) is 10.0. The largest absolute Gasteiger partial charge is 0.511 e. The molecular formula is C16H26FNO6P+. The molecule has 3 amide bonds. The van der Waals surface area contributed by atoms with Gasteiger partial charge in [-0.3, -0.25) is 14.4 Å². The van der Waals surface area contributed by atoms with Gasteiger partial charge in [-0.25, -0.2) is 9.29 Å². The molecule has 9 heteroatoms. The second-order valence-electron chi connectivity index (χ2n) is 6.11. The van der Waals surface area contributed by atoms with Gasteiger partial charge in [0, 0.05) is 6.42 Å². The number of aliphatic hydroxyl groups excluding tert-OH is 1. The van der Waals surface area contributed by atoms with Crippen molar-refractivity contribution in [1.29, 1.82) is 0 Å². The molecule has 1 rings (SSSR count). The molecular weight excluding hydrogens is 352 g/mol. The lowest BCUT2D eigenvalue weighted by atomic mass is 10.1. The Morgan fingerprint density at radius 3 is 2.32 bits per heavy atom. The molecule has 1 aliphatic rings. The second kappa shape index (κ2) is 11.4. The van der Waals surface area contributed by atoms with Crippen LogP contribution in [-0.2, 0) is 23.5 Å². The van der Waals surface area contributed by atoms with Gasteiger partial charge in [0.05, 0.1) is 6.42 Å². The SMILES string of the molecule is CC(F)O[P+](=O)CCCCCCCCCC(=O)N1C(=O)CC(O)C1=O. The number of unbranched alkanes of at least 4 members (excludes halogenated alkanes) is 6. The Morgan fingerprint density at radius 2 is 1.80 bits per heavy atom. The lowest BCUT2D eigenvalue weighted by Crippen LogP contribution is -2.37. The fourth-order valence-corrected chi connectivity index (χ4v) is 3.52. The van der Waals surface area contributed by atoms with Crippen LogP contribution in [0.1, 0.15) is 64.7 Å². The lowest BCUT2D eigenvalue weighted by Gasteiger charge is -2.11. The van der Waals surface area contributed by atoms with Crippen LogP contribution >= 0.6 is 8.03 Å². The highest BCUT2D eigenvalue weighted by Crippen LogP contribution is 2.26. The van der Waals surface area contributed by atoms with Crippen LogP contribution in [0.15, 0.2) is 0 Å². The van der Waals surface area contributed by atoms with E-state index in [1.807, 2.05) is 0 Å². The Bertz CT molecular complexity index is 499. The summed E-state index contributed by atoms with van der Waals surface area (Å²) in [6.45, 7) is 1.20. The van der Waals surface area contributed by atoms with E-state index in [9.17, 15) is 28.4 Å². The van der Waals surface area contributed by atoms with E-state index < -0.39 is 38.2 Å². The Morgan fingerprint density at radius 1 is 1.24 bits per heavy atom. The molecule has 0 aromatic carbocycles. The number of aliphatic hydroxyl groups is 1. The fourth-order valence-electron chi connectivity index (χ4n) is 2.61. The van der Waals surface area contributed by atoms with Crippen LogP contribution in [-0.4, -0.2) is 46.4 Å². The molecule has 0 saturated carbocycles. The number of rotatable bonds is 12. The summed E-state index contributed by atoms with van der Waals surface area (Å²) >= 11 is 0. The van der Waals surface area contributed by atoms with E-state index in [1.54, 1.807) is 0 Å². The molecule has 25 heavy (non-hydrogen) atoms. The van der Waals surface area contributed by atoms with Crippen molar-refractivity contribution < 1.29 is 33.0 Å². The maximum atomic E-state index is 12.4. The number of amides is 3. The summed E-state index contributed by atoms with van der Waals surface area (Å²) in [5.41, 5.74) is 0. The molecule has 0 aromatic heterocycles. The van der Waals surface area contributed by atoms with Crippen molar-refractivity contribution in [2.45, 2.75) is 77.2 Å². The molecule has 0 spiro atoms. The van der Waals surface area contributed by atoms with E-state index in [1.165, 1.54) is 6.92 Å². The Hall–Kier alpha value is -1.24. The third-order valence-corrected chi connectivity index (χ3v) is 5.07. The summed E-state index contributed by atoms with van der Waals surface area (Å²) in [4.78, 5) is 35.3. The molecule has 3 atom stereocenters. The van der Waals surface area contributed by atoms with Gasteiger partial charge in [-0.15, -0.1) is 4.52 Å². The maximum absolute atomic E-state index is 12.4. The van der Waals surface area contributed by atoms with Gasteiger partial charge in [-0.1, -0.05) is 25.7 Å². The van der Waals surface area contributed by atoms with Crippen LogP contribution in [0.25, 0.3) is 0 Å². The molecule has 0 bridgehead atoms. The fraction of sp³-hybridized carbons (Fsp3) is 0.812. The summed E-state index contributed by atoms with van der Waals surface area (Å²) in [7, 11) is -1.91. The number of hydrogen-bond donors (Lipinski definition) is 1. The monoisotopic (exact) mass is 378 g/mol. The third-order valence-electron chi connectivity index (χ3n) is 3.87. The van der Waals surface area contributed by atoms with E-state index in [4.69, 9.17) is 0 Å². The molecule has 1 N–H and O–H groups in total. The van der Waals surface area contributed by atoms with E-state index in [2.05, 4.69) is 4.52 Å². The molecule has 1 heterocycles. The predicted octanol–water partition coefficient (Wildman–Crippen LogP) is 2.83. The number of alkyl halides is 1. The van der Waals surface area contributed by atoms with Gasteiger partial charge in [-0.2, -0.15) is 0 Å². The lowest BCUT2D eigenvalue weighted by molar-refractivity contribution is -0.151. The molecule has 1 saturated heterocycles. The normalized spacial score (nSPS) is 19.4. The minimum Gasteiger partial charge on any atom is -0.383 e. The highest BCUT2D eigenvalue weighted by molar-refractivity contribution is 7.39. The van der Waals surface area contributed by atoms with Gasteiger partial charge in [0.2, 0.25) is 18.2 Å². The number of hydrogen-bond acceptors (Lipinski definition) is 6. The van der Waals surface area contributed by atoms with Gasteiger partial charge in [0.25, 0.3) is 5.91 Å². The smallest absolute Gasteiger partial charge is 0.383 e. The van der Waals surface area contributed by atoms with Crippen LogP contribution in [0, 0.1) is 0 Å². The molecule has 142 valence electrons. The molecule has 7 nitrogen and oxygen atoms in total. The molecule has 0 radical (unpaired) electrons. The topological polar surface area (TPSA) is 101 Å². The van der Waals surface area contributed by atoms with Crippen LogP contribution < -0.4 is 0 Å². The number of imide groups is 3. The van der Waals surface area contributed by atoms with E-state index in [-0.39, 0.29) is 12.8 Å². The quantitative estimate of drug-likeness (QED) is 0.318. The van der Waals surface area contributed by atoms with Gasteiger partial charge in [-0.05, 0) is 30.8 Å². The summed E-state index contributed by atoms with van der Waals surface area (Å²) in [5.74, 6) is -2.00. The highest BCUT2D eigenvalue weighted by atomic mass is 31.1. The standard InChI is InChI=1S/C16H26FNO6P/c1-12(17)24-25(23)10-8-6-4-2-3-5-7-9-14(20)18-15(21)11-13(19)16(18)22/h12-13,19H,2-11H2,1H3/q+1. The van der Waals surface area contributed by atoms with Crippen molar-refractivity contribution >= 4 is 25.7 Å². The Labute approximate surface area is 147 Å². The van der Waals surface area contributed by atoms with Gasteiger partial charge < -0.3 is 5.11 Å². The van der Waals surface area contributed by atoms with E-state index >= 15 is 0 Å². The molecule has 3 unspecified atom stereocenters. The van der Waals surface area contributed by atoms with E-state index in [0.717, 1.165) is 38.5 Å². The Kier molecular flexibility index (Phi) is 9.93. The third kappa shape index (κ3) is 8.12. The maximum Gasteiger partial charge on any atom is 0.511 e. The molecule has 0 aliphatic carbocycles. The number of likely N-dealkylation sites (tertiary alicyclic amines) is 1. The summed E-state index contributed by atoms with van der Waals surface area (Å²) in [5, 5.41) is 9.27. The average molecular weight is 378 g/mol. The van der Waals surface area contributed by atoms with Crippen LogP contribution in [0.3, 0.4) is 0 Å². The predicted molar refractivity (Wildman–Crippen MR) is 88.5 cm³/mol. The van der Waals surface area contributed by atoms with Gasteiger partial charge >= 0.3 is 8.03 Å². The van der Waals surface area contributed by atoms with Crippen molar-refractivity contribution in [2.75, 3.05) is 6.16 Å². The summed E-state index contributed by atoms with van der Waals surface area (Å²) in [6, 6.07) is 0. The Balaban J connectivity index is 2.00. The van der Waals surface area contributed by atoms with Crippen LogP contribution in [0.4, 0.5) is 4.39 Å². The number of carbonyl (C=O) groups excluding carboxylic acids is 3. The zero-order valence-electron chi connectivity index (χ0n) is 14.5. The minimum atomic E-state index is -1.91. The first-order chi connectivity index (χ1) is 11.8. The van der Waals surface area contributed by atoms with Crippen molar-refractivity contribution in [1.82, 2.24) is 4.90 Å². The molecule has 1 aliphatic heterocycles. The van der Waals surface area contributed by atoms with Crippen LogP contribution in [0.5, 0.6) is 0 Å².